The number of aromatic nitrogens is 4. The average Bonchev–Trinajstić information content (AvgIpc) is 3.15. The van der Waals surface area contributed by atoms with Crippen molar-refractivity contribution in [3.05, 3.63) is 65.0 Å². The van der Waals surface area contributed by atoms with Gasteiger partial charge in [-0.15, -0.1) is 10.2 Å². The number of piperidine rings is 1. The molecule has 0 radical (unpaired) electrons. The summed E-state index contributed by atoms with van der Waals surface area (Å²) in [7, 11) is 0. The van der Waals surface area contributed by atoms with Crippen molar-refractivity contribution in [3.8, 4) is 5.69 Å². The number of hydrogen-bond acceptors (Lipinski definition) is 5. The highest BCUT2D eigenvalue weighted by Crippen LogP contribution is 2.69. The molecule has 6 nitrogen and oxygen atoms in total. The maximum absolute atomic E-state index is 13.7. The Morgan fingerprint density at radius 3 is 2.90 bits per heavy atom. The van der Waals surface area contributed by atoms with Gasteiger partial charge < -0.3 is 9.64 Å². The zero-order valence-electron chi connectivity index (χ0n) is 17.2. The zero-order valence-corrected chi connectivity index (χ0v) is 17.2. The number of aryl methyl sites for hydroxylation is 1. The summed E-state index contributed by atoms with van der Waals surface area (Å²) in [5.41, 5.74) is 4.57. The minimum atomic E-state index is -0.134. The molecule has 6 rings (SSSR count). The van der Waals surface area contributed by atoms with Crippen LogP contribution in [0.2, 0.25) is 0 Å². The molecule has 0 amide bonds. The molecule has 30 heavy (non-hydrogen) atoms. The van der Waals surface area contributed by atoms with E-state index >= 15 is 0 Å². The van der Waals surface area contributed by atoms with Gasteiger partial charge in [0.15, 0.2) is 5.82 Å². The lowest BCUT2D eigenvalue weighted by molar-refractivity contribution is 0.127. The van der Waals surface area contributed by atoms with Crippen molar-refractivity contribution < 1.29 is 9.13 Å². The Morgan fingerprint density at radius 1 is 1.20 bits per heavy atom. The van der Waals surface area contributed by atoms with Crippen LogP contribution in [0.5, 0.6) is 0 Å². The van der Waals surface area contributed by atoms with Gasteiger partial charge in [-0.05, 0) is 67.5 Å². The van der Waals surface area contributed by atoms with Crippen LogP contribution in [0, 0.1) is 24.6 Å². The van der Waals surface area contributed by atoms with Gasteiger partial charge in [-0.25, -0.2) is 4.39 Å². The summed E-state index contributed by atoms with van der Waals surface area (Å²) < 4.78 is 21.4. The van der Waals surface area contributed by atoms with E-state index in [4.69, 9.17) is 4.74 Å². The largest absolute Gasteiger partial charge is 0.374 e. The Morgan fingerprint density at radius 2 is 2.10 bits per heavy atom. The number of benzene rings is 1. The summed E-state index contributed by atoms with van der Waals surface area (Å²) in [5, 5.41) is 9.00. The second-order valence-electron chi connectivity index (χ2n) is 8.69. The molecule has 1 aliphatic heterocycles. The van der Waals surface area contributed by atoms with Crippen LogP contribution in [-0.4, -0.2) is 39.4 Å². The molecule has 2 aromatic heterocycles. The summed E-state index contributed by atoms with van der Waals surface area (Å²) in [5.74, 6) is 2.72. The number of anilines is 1. The fourth-order valence-corrected chi connectivity index (χ4v) is 5.79. The molecule has 3 atom stereocenters. The van der Waals surface area contributed by atoms with Crippen LogP contribution in [0.1, 0.15) is 29.6 Å². The monoisotopic (exact) mass is 405 g/mol. The van der Waals surface area contributed by atoms with Crippen molar-refractivity contribution in [1.29, 1.82) is 0 Å². The first-order valence-electron chi connectivity index (χ1n) is 10.6. The Hall–Kier alpha value is -2.80. The van der Waals surface area contributed by atoms with Gasteiger partial charge in [-0.2, -0.15) is 0 Å². The highest BCUT2D eigenvalue weighted by Gasteiger charge is 2.72. The van der Waals surface area contributed by atoms with Gasteiger partial charge >= 0.3 is 0 Å². The van der Waals surface area contributed by atoms with Gasteiger partial charge in [-0.1, -0.05) is 6.07 Å². The lowest BCUT2D eigenvalue weighted by Crippen LogP contribution is -2.30. The predicted octanol–water partition coefficient (Wildman–Crippen LogP) is 3.21. The van der Waals surface area contributed by atoms with E-state index in [1.165, 1.54) is 11.1 Å². The molecule has 0 bridgehead atoms. The van der Waals surface area contributed by atoms with Crippen LogP contribution in [0.15, 0.2) is 36.5 Å². The number of halogens is 1. The molecule has 3 aliphatic rings. The molecule has 1 saturated carbocycles. The minimum Gasteiger partial charge on any atom is -0.374 e. The van der Waals surface area contributed by atoms with Crippen molar-refractivity contribution in [3.63, 3.8) is 0 Å². The molecular formula is C23H24FN5O. The van der Waals surface area contributed by atoms with Crippen LogP contribution in [0.3, 0.4) is 0 Å². The molecule has 3 aromatic rings. The van der Waals surface area contributed by atoms with Crippen LogP contribution < -0.4 is 4.90 Å². The van der Waals surface area contributed by atoms with E-state index in [1.807, 2.05) is 32.2 Å². The molecule has 0 unspecified atom stereocenters. The highest BCUT2D eigenvalue weighted by atomic mass is 19.1. The minimum absolute atomic E-state index is 0.134. The maximum Gasteiger partial charge on any atom is 0.232 e. The van der Waals surface area contributed by atoms with Crippen LogP contribution in [0.4, 0.5) is 10.3 Å². The van der Waals surface area contributed by atoms with Crippen LogP contribution in [-0.2, 0) is 23.2 Å². The normalized spacial score (nSPS) is 25.9. The first kappa shape index (κ1) is 18.0. The van der Waals surface area contributed by atoms with E-state index in [0.29, 0.717) is 25.0 Å². The summed E-state index contributed by atoms with van der Waals surface area (Å²) in [6.07, 6.45) is 2.86. The number of ether oxygens (including phenoxy) is 1. The van der Waals surface area contributed by atoms with Gasteiger partial charge in [-0.3, -0.25) is 9.55 Å². The van der Waals surface area contributed by atoms with Crippen molar-refractivity contribution in [2.24, 2.45) is 11.8 Å². The van der Waals surface area contributed by atoms with E-state index in [1.54, 1.807) is 12.1 Å². The Labute approximate surface area is 174 Å². The summed E-state index contributed by atoms with van der Waals surface area (Å²) >= 11 is 0. The molecule has 1 saturated heterocycles. The third kappa shape index (κ3) is 2.41. The van der Waals surface area contributed by atoms with Gasteiger partial charge in [0.1, 0.15) is 12.4 Å². The second-order valence-corrected chi connectivity index (χ2v) is 8.69. The van der Waals surface area contributed by atoms with Crippen molar-refractivity contribution in [2.75, 3.05) is 24.6 Å². The topological polar surface area (TPSA) is 56.1 Å². The molecule has 2 aliphatic carbocycles. The summed E-state index contributed by atoms with van der Waals surface area (Å²) in [4.78, 5) is 6.80. The average molecular weight is 405 g/mol. The molecule has 3 heterocycles. The van der Waals surface area contributed by atoms with E-state index in [9.17, 15) is 4.39 Å². The molecule has 7 heteroatoms. The third-order valence-electron chi connectivity index (χ3n) is 7.16. The van der Waals surface area contributed by atoms with Crippen molar-refractivity contribution in [2.45, 2.75) is 32.3 Å². The number of pyridine rings is 1. The molecule has 1 aromatic carbocycles. The quantitative estimate of drug-likeness (QED) is 0.653. The molecule has 2 fully saturated rings. The van der Waals surface area contributed by atoms with Crippen LogP contribution >= 0.6 is 0 Å². The predicted molar refractivity (Wildman–Crippen MR) is 110 cm³/mol. The van der Waals surface area contributed by atoms with Gasteiger partial charge in [0, 0.05) is 30.8 Å². The van der Waals surface area contributed by atoms with E-state index in [-0.39, 0.29) is 11.2 Å². The lowest BCUT2D eigenvalue weighted by atomic mass is 9.94. The van der Waals surface area contributed by atoms with E-state index in [2.05, 4.69) is 30.7 Å². The standard InChI is InChI=1S/C23H24FN5O/c1-3-30-12-21-26-27-22(29(21)17-6-4-14(2)25-10-17)28-11-20-19-9-15-8-16(24)5-7-18(15)23(19,20)13-28/h4-8,10,19-20H,3,9,11-13H2,1-2H3/t19-,20+,23+/m0/s1. The Kier molecular flexibility index (Phi) is 3.81. The first-order chi connectivity index (χ1) is 14.6. The van der Waals surface area contributed by atoms with Gasteiger partial charge in [0.2, 0.25) is 5.95 Å². The number of hydrogen-bond donors (Lipinski definition) is 0. The zero-order chi connectivity index (χ0) is 20.5. The number of rotatable bonds is 5. The summed E-state index contributed by atoms with van der Waals surface area (Å²) in [6, 6.07) is 9.38. The number of fused-ring (bicyclic) bond motifs is 2. The maximum atomic E-state index is 13.7. The molecule has 154 valence electrons. The molecular weight excluding hydrogens is 381 g/mol. The third-order valence-corrected chi connectivity index (χ3v) is 7.16. The van der Waals surface area contributed by atoms with Gasteiger partial charge in [0.25, 0.3) is 0 Å². The molecule has 0 N–H and O–H groups in total. The lowest BCUT2D eigenvalue weighted by Gasteiger charge is -2.23. The van der Waals surface area contributed by atoms with Crippen molar-refractivity contribution in [1.82, 2.24) is 19.7 Å². The smallest absolute Gasteiger partial charge is 0.232 e. The highest BCUT2D eigenvalue weighted by molar-refractivity contribution is 5.57. The Balaban J connectivity index is 1.36. The van der Waals surface area contributed by atoms with E-state index < -0.39 is 0 Å². The molecule has 1 spiro atoms. The fraction of sp³-hybridized carbons (Fsp3) is 0.435. The fourth-order valence-electron chi connectivity index (χ4n) is 5.79. The SMILES string of the molecule is CCOCc1nnc(N2C[C@@H]3[C@@H]4Cc5cc(F)ccc5[C@@]34C2)n1-c1ccc(C)nc1. The Bertz CT molecular complexity index is 1130. The second kappa shape index (κ2) is 6.35. The van der Waals surface area contributed by atoms with Gasteiger partial charge in [0.05, 0.1) is 11.9 Å². The first-order valence-corrected chi connectivity index (χ1v) is 10.6. The van der Waals surface area contributed by atoms with E-state index in [0.717, 1.165) is 42.7 Å². The summed E-state index contributed by atoms with van der Waals surface area (Å²) in [6.45, 7) is 6.83. The van der Waals surface area contributed by atoms with Crippen LogP contribution in [0.25, 0.3) is 5.69 Å². The number of nitrogens with zero attached hydrogens (tertiary/aromatic N) is 5. The van der Waals surface area contributed by atoms with Crippen molar-refractivity contribution >= 4 is 5.95 Å².